The van der Waals surface area contributed by atoms with E-state index in [0.717, 1.165) is 12.1 Å². The monoisotopic (exact) mass is 362 g/mol. The van der Waals surface area contributed by atoms with Crippen molar-refractivity contribution in [1.82, 2.24) is 0 Å². The first kappa shape index (κ1) is 19.4. The third-order valence-corrected chi connectivity index (χ3v) is 3.29. The highest BCUT2D eigenvalue weighted by Gasteiger charge is 2.17. The second-order valence-corrected chi connectivity index (χ2v) is 6.74. The van der Waals surface area contributed by atoms with Gasteiger partial charge < -0.3 is 10.1 Å². The maximum Gasteiger partial charge on any atom is 0.412 e. The topological polar surface area (TPSA) is 67.4 Å². The average Bonchev–Trinajstić information content (AvgIpc) is 2.51. The molecule has 26 heavy (non-hydrogen) atoms. The Morgan fingerprint density at radius 3 is 2.27 bits per heavy atom. The predicted octanol–water partition coefficient (Wildman–Crippen LogP) is 4.87. The molecule has 0 saturated carbocycles. The van der Waals surface area contributed by atoms with Gasteiger partial charge in [0, 0.05) is 11.3 Å². The van der Waals surface area contributed by atoms with Crippen LogP contribution in [0.5, 0.6) is 0 Å². The normalized spacial score (nSPS) is 11.0. The lowest BCUT2D eigenvalue weighted by molar-refractivity contribution is 0.0635. The Labute approximate surface area is 150 Å². The molecule has 138 valence electrons. The van der Waals surface area contributed by atoms with Crippen LogP contribution in [-0.2, 0) is 4.74 Å². The fourth-order valence-corrected chi connectivity index (χ4v) is 2.05. The summed E-state index contributed by atoms with van der Waals surface area (Å²) in [6, 6.07) is 7.65. The van der Waals surface area contributed by atoms with Gasteiger partial charge >= 0.3 is 6.09 Å². The lowest BCUT2D eigenvalue weighted by atomic mass is 10.1. The molecule has 0 aromatic heterocycles. The molecule has 0 aliphatic rings. The molecule has 0 unspecified atom stereocenters. The van der Waals surface area contributed by atoms with E-state index in [-0.39, 0.29) is 16.9 Å². The first-order valence-electron chi connectivity index (χ1n) is 7.92. The Balaban J connectivity index is 2.15. The second kappa shape index (κ2) is 7.51. The summed E-state index contributed by atoms with van der Waals surface area (Å²) in [5.41, 5.74) is -0.138. The number of aryl methyl sites for hydroxylation is 1. The average molecular weight is 362 g/mol. The maximum absolute atomic E-state index is 14.0. The van der Waals surface area contributed by atoms with Crippen molar-refractivity contribution < 1.29 is 23.1 Å². The van der Waals surface area contributed by atoms with Gasteiger partial charge in [0.05, 0.1) is 5.69 Å². The molecule has 7 heteroatoms. The minimum Gasteiger partial charge on any atom is -0.444 e. The molecule has 0 bridgehead atoms. The van der Waals surface area contributed by atoms with Gasteiger partial charge in [-0.15, -0.1) is 0 Å². The lowest BCUT2D eigenvalue weighted by Gasteiger charge is -2.19. The zero-order chi connectivity index (χ0) is 19.5. The van der Waals surface area contributed by atoms with Gasteiger partial charge in [-0.3, -0.25) is 10.1 Å². The van der Waals surface area contributed by atoms with Gasteiger partial charge in [0.1, 0.15) is 17.2 Å². The van der Waals surface area contributed by atoms with Crippen molar-refractivity contribution in [1.29, 1.82) is 0 Å². The molecule has 0 spiro atoms. The zero-order valence-electron chi connectivity index (χ0n) is 14.9. The number of carbonyl (C=O) groups excluding carboxylic acids is 2. The summed E-state index contributed by atoms with van der Waals surface area (Å²) in [5.74, 6) is -1.89. The molecule has 0 aliphatic heterocycles. The van der Waals surface area contributed by atoms with Crippen LogP contribution in [0.25, 0.3) is 0 Å². The van der Waals surface area contributed by atoms with E-state index in [9.17, 15) is 18.4 Å². The van der Waals surface area contributed by atoms with E-state index in [2.05, 4.69) is 10.6 Å². The number of amides is 2. The van der Waals surface area contributed by atoms with Crippen molar-refractivity contribution in [2.24, 2.45) is 0 Å². The number of hydrogen-bond acceptors (Lipinski definition) is 3. The molecule has 0 atom stereocenters. The molecule has 0 saturated heterocycles. The van der Waals surface area contributed by atoms with Crippen LogP contribution in [0.1, 0.15) is 36.7 Å². The number of hydrogen-bond donors (Lipinski definition) is 2. The molecule has 0 radical (unpaired) electrons. The standard InChI is InChI=1S/C19H20F2N2O3/c1-11-5-6-12(9-15(11)21)17(24)23-16-10-13(7-8-14(16)20)22-18(25)26-19(2,3)4/h5-10H,1-4H3,(H,22,25)(H,23,24). The summed E-state index contributed by atoms with van der Waals surface area (Å²) < 4.78 is 32.7. The van der Waals surface area contributed by atoms with Gasteiger partial charge in [-0.05, 0) is 63.6 Å². The van der Waals surface area contributed by atoms with Crippen molar-refractivity contribution in [3.8, 4) is 0 Å². The third kappa shape index (κ3) is 5.27. The predicted molar refractivity (Wildman–Crippen MR) is 95.3 cm³/mol. The van der Waals surface area contributed by atoms with E-state index in [1.54, 1.807) is 27.7 Å². The van der Waals surface area contributed by atoms with Gasteiger partial charge in [-0.25, -0.2) is 13.6 Å². The van der Waals surface area contributed by atoms with Crippen molar-refractivity contribution in [3.05, 3.63) is 59.2 Å². The van der Waals surface area contributed by atoms with Crippen LogP contribution in [0.3, 0.4) is 0 Å². The molecule has 0 fully saturated rings. The van der Waals surface area contributed by atoms with Crippen LogP contribution in [0.4, 0.5) is 25.0 Å². The molecule has 5 nitrogen and oxygen atoms in total. The van der Waals surface area contributed by atoms with Crippen LogP contribution in [-0.4, -0.2) is 17.6 Å². The van der Waals surface area contributed by atoms with E-state index in [1.807, 2.05) is 0 Å². The summed E-state index contributed by atoms with van der Waals surface area (Å²) in [6.07, 6.45) is -0.706. The SMILES string of the molecule is Cc1ccc(C(=O)Nc2cc(NC(=O)OC(C)(C)C)ccc2F)cc1F. The van der Waals surface area contributed by atoms with Gasteiger partial charge in [-0.1, -0.05) is 6.07 Å². The van der Waals surface area contributed by atoms with E-state index < -0.39 is 29.2 Å². The number of halogens is 2. The van der Waals surface area contributed by atoms with Crippen molar-refractivity contribution >= 4 is 23.4 Å². The molecule has 0 aliphatic carbocycles. The van der Waals surface area contributed by atoms with Crippen LogP contribution in [0.2, 0.25) is 0 Å². The van der Waals surface area contributed by atoms with E-state index >= 15 is 0 Å². The van der Waals surface area contributed by atoms with Gasteiger partial charge in [0.2, 0.25) is 0 Å². The van der Waals surface area contributed by atoms with Crippen molar-refractivity contribution in [2.45, 2.75) is 33.3 Å². The smallest absolute Gasteiger partial charge is 0.412 e. The number of rotatable bonds is 3. The fraction of sp³-hybridized carbons (Fsp3) is 0.263. The molecule has 2 N–H and O–H groups in total. The molecule has 2 aromatic rings. The summed E-state index contributed by atoms with van der Waals surface area (Å²) in [4.78, 5) is 24.0. The second-order valence-electron chi connectivity index (χ2n) is 6.74. The number of nitrogens with one attached hydrogen (secondary N) is 2. The highest BCUT2D eigenvalue weighted by molar-refractivity contribution is 6.04. The third-order valence-electron chi connectivity index (χ3n) is 3.29. The minimum atomic E-state index is -0.706. The van der Waals surface area contributed by atoms with Crippen LogP contribution in [0, 0.1) is 18.6 Å². The summed E-state index contributed by atoms with van der Waals surface area (Å²) in [6.45, 7) is 6.71. The highest BCUT2D eigenvalue weighted by Crippen LogP contribution is 2.21. The number of anilines is 2. The van der Waals surface area contributed by atoms with Crippen LogP contribution in [0.15, 0.2) is 36.4 Å². The Morgan fingerprint density at radius 2 is 1.65 bits per heavy atom. The molecule has 2 rings (SSSR count). The Morgan fingerprint density at radius 1 is 0.962 bits per heavy atom. The van der Waals surface area contributed by atoms with Crippen molar-refractivity contribution in [3.63, 3.8) is 0 Å². The summed E-state index contributed by atoms with van der Waals surface area (Å²) in [5, 5.41) is 4.82. The molecule has 2 aromatic carbocycles. The first-order chi connectivity index (χ1) is 12.0. The minimum absolute atomic E-state index is 0.0537. The van der Waals surface area contributed by atoms with Crippen LogP contribution >= 0.6 is 0 Å². The number of benzene rings is 2. The largest absolute Gasteiger partial charge is 0.444 e. The summed E-state index contributed by atoms with van der Waals surface area (Å²) >= 11 is 0. The first-order valence-corrected chi connectivity index (χ1v) is 7.92. The molecular weight excluding hydrogens is 342 g/mol. The fourth-order valence-electron chi connectivity index (χ4n) is 2.05. The molecular formula is C19H20F2N2O3. The van der Waals surface area contributed by atoms with Gasteiger partial charge in [-0.2, -0.15) is 0 Å². The number of ether oxygens (including phenoxy) is 1. The maximum atomic E-state index is 14.0. The zero-order valence-corrected chi connectivity index (χ0v) is 14.9. The van der Waals surface area contributed by atoms with Gasteiger partial charge in [0.25, 0.3) is 5.91 Å². The van der Waals surface area contributed by atoms with E-state index in [1.165, 1.54) is 24.3 Å². The molecule has 0 heterocycles. The number of carbonyl (C=O) groups is 2. The lowest BCUT2D eigenvalue weighted by Crippen LogP contribution is -2.27. The van der Waals surface area contributed by atoms with Crippen LogP contribution < -0.4 is 10.6 Å². The Hall–Kier alpha value is -2.96. The van der Waals surface area contributed by atoms with E-state index in [4.69, 9.17) is 4.74 Å². The Kier molecular flexibility index (Phi) is 5.59. The highest BCUT2D eigenvalue weighted by atomic mass is 19.1. The Bertz CT molecular complexity index is 845. The van der Waals surface area contributed by atoms with E-state index in [0.29, 0.717) is 5.56 Å². The summed E-state index contributed by atoms with van der Waals surface area (Å²) in [7, 11) is 0. The van der Waals surface area contributed by atoms with Crippen molar-refractivity contribution in [2.75, 3.05) is 10.6 Å². The van der Waals surface area contributed by atoms with Gasteiger partial charge in [0.15, 0.2) is 0 Å². The molecule has 2 amide bonds. The quantitative estimate of drug-likeness (QED) is 0.818.